The number of rotatable bonds is 7. The first-order chi connectivity index (χ1) is 12.5. The third-order valence-corrected chi connectivity index (χ3v) is 5.71. The lowest BCUT2D eigenvalue weighted by molar-refractivity contribution is -0.129. The number of aromatic nitrogens is 1. The fourth-order valence-corrected chi connectivity index (χ4v) is 3.95. The number of nitrogens with one attached hydrogen (secondary N) is 1. The summed E-state index contributed by atoms with van der Waals surface area (Å²) in [6.07, 6.45) is 1.76. The number of hydrogen-bond donors (Lipinski definition) is 1. The molecule has 6 heteroatoms. The molecule has 1 unspecified atom stereocenters. The van der Waals surface area contributed by atoms with Crippen LogP contribution in [0.15, 0.2) is 35.7 Å². The Morgan fingerprint density at radius 1 is 1.31 bits per heavy atom. The first-order valence-corrected chi connectivity index (χ1v) is 9.97. The van der Waals surface area contributed by atoms with Crippen molar-refractivity contribution in [2.75, 3.05) is 13.1 Å². The van der Waals surface area contributed by atoms with Crippen LogP contribution in [0.5, 0.6) is 0 Å². The second-order valence-corrected chi connectivity index (χ2v) is 7.87. The van der Waals surface area contributed by atoms with Crippen molar-refractivity contribution in [1.29, 1.82) is 0 Å². The van der Waals surface area contributed by atoms with Crippen LogP contribution in [0.2, 0.25) is 0 Å². The maximum atomic E-state index is 12.6. The molecule has 1 aliphatic rings. The summed E-state index contributed by atoms with van der Waals surface area (Å²) in [4.78, 5) is 31.0. The third kappa shape index (κ3) is 4.69. The zero-order valence-corrected chi connectivity index (χ0v) is 16.1. The Bertz CT molecular complexity index is 757. The Labute approximate surface area is 158 Å². The summed E-state index contributed by atoms with van der Waals surface area (Å²) in [7, 11) is 0. The lowest BCUT2D eigenvalue weighted by Gasteiger charge is -2.25. The summed E-state index contributed by atoms with van der Waals surface area (Å²) >= 11 is 1.60. The Morgan fingerprint density at radius 2 is 2.08 bits per heavy atom. The molecule has 1 aromatic heterocycles. The minimum absolute atomic E-state index is 0.0638. The van der Waals surface area contributed by atoms with Crippen LogP contribution in [-0.4, -0.2) is 34.8 Å². The van der Waals surface area contributed by atoms with E-state index >= 15 is 0 Å². The van der Waals surface area contributed by atoms with Gasteiger partial charge in [0, 0.05) is 30.8 Å². The van der Waals surface area contributed by atoms with E-state index in [2.05, 4.69) is 24.1 Å². The van der Waals surface area contributed by atoms with E-state index in [0.29, 0.717) is 18.9 Å². The lowest BCUT2D eigenvalue weighted by atomic mass is 10.1. The average Bonchev–Trinajstić information content (AvgIpc) is 3.24. The van der Waals surface area contributed by atoms with Gasteiger partial charge in [0.05, 0.1) is 23.2 Å². The average molecular weight is 372 g/mol. The molecule has 1 aliphatic heterocycles. The summed E-state index contributed by atoms with van der Waals surface area (Å²) in [6.45, 7) is 5.48. The van der Waals surface area contributed by atoms with E-state index in [1.165, 1.54) is 0 Å². The molecule has 0 aliphatic carbocycles. The molecule has 1 atom stereocenters. The molecule has 2 amide bonds. The topological polar surface area (TPSA) is 62.3 Å². The van der Waals surface area contributed by atoms with Crippen LogP contribution in [0, 0.1) is 0 Å². The number of nitrogens with zero attached hydrogens (tertiary/aromatic N) is 2. The molecular formula is C20H25N3O2S. The Morgan fingerprint density at radius 3 is 2.69 bits per heavy atom. The van der Waals surface area contributed by atoms with Crippen molar-refractivity contribution < 1.29 is 9.59 Å². The summed E-state index contributed by atoms with van der Waals surface area (Å²) in [5, 5.41) is 6.11. The van der Waals surface area contributed by atoms with Crippen LogP contribution >= 0.6 is 11.3 Å². The van der Waals surface area contributed by atoms with Crippen LogP contribution in [0.4, 0.5) is 0 Å². The van der Waals surface area contributed by atoms with Crippen LogP contribution < -0.4 is 5.32 Å². The molecule has 3 rings (SSSR count). The van der Waals surface area contributed by atoms with Gasteiger partial charge < -0.3 is 10.2 Å². The quantitative estimate of drug-likeness (QED) is 0.812. The fraction of sp³-hybridized carbons (Fsp3) is 0.450. The van der Waals surface area contributed by atoms with Gasteiger partial charge in [0.1, 0.15) is 0 Å². The monoisotopic (exact) mass is 371 g/mol. The van der Waals surface area contributed by atoms with Crippen molar-refractivity contribution in [2.24, 2.45) is 0 Å². The molecule has 138 valence electrons. The third-order valence-electron chi connectivity index (χ3n) is 4.52. The molecule has 2 aromatic rings. The van der Waals surface area contributed by atoms with Crippen molar-refractivity contribution in [3.63, 3.8) is 0 Å². The molecule has 0 bridgehead atoms. The smallest absolute Gasteiger partial charge is 0.226 e. The number of hydrogen-bond acceptors (Lipinski definition) is 4. The standard InChI is InChI=1S/C20H25N3O2S/c1-14(2)20-21-16(13-26-20)11-18(24)22-17(15-7-4-3-5-8-15)12-23-10-6-9-19(23)25/h3-5,7-8,13-14,17H,6,9-12H2,1-2H3,(H,22,24). The minimum atomic E-state index is -0.200. The van der Waals surface area contributed by atoms with Gasteiger partial charge in [-0.1, -0.05) is 44.2 Å². The van der Waals surface area contributed by atoms with Gasteiger partial charge in [0.2, 0.25) is 11.8 Å². The van der Waals surface area contributed by atoms with Crippen LogP contribution in [0.1, 0.15) is 54.9 Å². The van der Waals surface area contributed by atoms with Crippen LogP contribution in [0.25, 0.3) is 0 Å². The van der Waals surface area contributed by atoms with E-state index in [1.807, 2.05) is 40.6 Å². The highest BCUT2D eigenvalue weighted by Crippen LogP contribution is 2.21. The minimum Gasteiger partial charge on any atom is -0.347 e. The van der Waals surface area contributed by atoms with Gasteiger partial charge in [0.25, 0.3) is 0 Å². The SMILES string of the molecule is CC(C)c1nc(CC(=O)NC(CN2CCCC2=O)c2ccccc2)cs1. The van der Waals surface area contributed by atoms with E-state index in [1.54, 1.807) is 11.3 Å². The maximum absolute atomic E-state index is 12.6. The Balaban J connectivity index is 1.68. The number of benzene rings is 1. The molecule has 1 fully saturated rings. The molecule has 1 aromatic carbocycles. The highest BCUT2D eigenvalue weighted by Gasteiger charge is 2.25. The lowest BCUT2D eigenvalue weighted by Crippen LogP contribution is -2.39. The number of carbonyl (C=O) groups excluding carboxylic acids is 2. The van der Waals surface area contributed by atoms with Crippen molar-refractivity contribution in [1.82, 2.24) is 15.2 Å². The molecular weight excluding hydrogens is 346 g/mol. The Hall–Kier alpha value is -2.21. The van der Waals surface area contributed by atoms with Gasteiger partial charge in [-0.25, -0.2) is 4.98 Å². The highest BCUT2D eigenvalue weighted by atomic mass is 32.1. The molecule has 26 heavy (non-hydrogen) atoms. The Kier molecular flexibility index (Phi) is 6.04. The van der Waals surface area contributed by atoms with Crippen LogP contribution in [0.3, 0.4) is 0 Å². The van der Waals surface area contributed by atoms with Crippen molar-refractivity contribution in [3.05, 3.63) is 52.0 Å². The summed E-state index contributed by atoms with van der Waals surface area (Å²) < 4.78 is 0. The van der Waals surface area contributed by atoms with E-state index < -0.39 is 0 Å². The predicted molar refractivity (Wildman–Crippen MR) is 103 cm³/mol. The van der Waals surface area contributed by atoms with Gasteiger partial charge in [0.15, 0.2) is 0 Å². The normalized spacial score (nSPS) is 15.5. The first-order valence-electron chi connectivity index (χ1n) is 9.09. The van der Waals surface area contributed by atoms with Crippen LogP contribution in [-0.2, 0) is 16.0 Å². The molecule has 0 saturated carbocycles. The van der Waals surface area contributed by atoms with E-state index in [-0.39, 0.29) is 24.3 Å². The molecule has 0 radical (unpaired) electrons. The van der Waals surface area contributed by atoms with Crippen molar-refractivity contribution >= 4 is 23.2 Å². The zero-order valence-electron chi connectivity index (χ0n) is 15.3. The summed E-state index contributed by atoms with van der Waals surface area (Å²) in [5.41, 5.74) is 1.82. The number of carbonyl (C=O) groups is 2. The second kappa shape index (κ2) is 8.45. The summed E-state index contributed by atoms with van der Waals surface area (Å²) in [6, 6.07) is 9.64. The maximum Gasteiger partial charge on any atom is 0.226 e. The van der Waals surface area contributed by atoms with Gasteiger partial charge in [-0.3, -0.25) is 9.59 Å². The number of amides is 2. The second-order valence-electron chi connectivity index (χ2n) is 6.98. The van der Waals surface area contributed by atoms with Crippen molar-refractivity contribution in [2.45, 2.75) is 45.1 Å². The molecule has 2 heterocycles. The largest absolute Gasteiger partial charge is 0.347 e. The predicted octanol–water partition coefficient (Wildman–Crippen LogP) is 3.29. The van der Waals surface area contributed by atoms with Gasteiger partial charge in [-0.05, 0) is 12.0 Å². The zero-order chi connectivity index (χ0) is 18.5. The van der Waals surface area contributed by atoms with E-state index in [0.717, 1.165) is 29.2 Å². The molecule has 1 N–H and O–H groups in total. The first kappa shape index (κ1) is 18.6. The highest BCUT2D eigenvalue weighted by molar-refractivity contribution is 7.09. The van der Waals surface area contributed by atoms with Gasteiger partial charge in [-0.2, -0.15) is 0 Å². The van der Waals surface area contributed by atoms with Gasteiger partial charge in [-0.15, -0.1) is 11.3 Å². The molecule has 5 nitrogen and oxygen atoms in total. The van der Waals surface area contributed by atoms with E-state index in [9.17, 15) is 9.59 Å². The van der Waals surface area contributed by atoms with E-state index in [4.69, 9.17) is 0 Å². The molecule has 1 saturated heterocycles. The van der Waals surface area contributed by atoms with Gasteiger partial charge >= 0.3 is 0 Å². The molecule has 0 spiro atoms. The van der Waals surface area contributed by atoms with Crippen molar-refractivity contribution in [3.8, 4) is 0 Å². The number of thiazole rings is 1. The number of likely N-dealkylation sites (tertiary alicyclic amines) is 1. The fourth-order valence-electron chi connectivity index (χ4n) is 3.12. The summed E-state index contributed by atoms with van der Waals surface area (Å²) in [5.74, 6) is 0.474.